The molecular formula is C20H26F4N4O. The maximum Gasteiger partial charge on any atom is 0.416 e. The first kappa shape index (κ1) is 21.4. The summed E-state index contributed by atoms with van der Waals surface area (Å²) < 4.78 is 52.6. The number of nitrogens with one attached hydrogen (secondary N) is 2. The van der Waals surface area contributed by atoms with E-state index in [9.17, 15) is 22.4 Å². The van der Waals surface area contributed by atoms with Crippen molar-refractivity contribution in [2.75, 3.05) is 20.1 Å². The second-order valence-corrected chi connectivity index (χ2v) is 7.62. The molecule has 1 heterocycles. The van der Waals surface area contributed by atoms with Gasteiger partial charge in [0, 0.05) is 38.6 Å². The quantitative estimate of drug-likeness (QED) is 0.452. The van der Waals surface area contributed by atoms with Gasteiger partial charge >= 0.3 is 6.18 Å². The summed E-state index contributed by atoms with van der Waals surface area (Å²) in [6.45, 7) is 1.08. The molecule has 1 aromatic carbocycles. The van der Waals surface area contributed by atoms with E-state index in [4.69, 9.17) is 0 Å². The lowest BCUT2D eigenvalue weighted by Crippen LogP contribution is -2.45. The Balaban J connectivity index is 1.55. The molecule has 2 N–H and O–H groups in total. The van der Waals surface area contributed by atoms with Gasteiger partial charge in [0.05, 0.1) is 5.56 Å². The molecule has 1 unspecified atom stereocenters. The first-order chi connectivity index (χ1) is 13.8. The summed E-state index contributed by atoms with van der Waals surface area (Å²) in [4.78, 5) is 18.5. The van der Waals surface area contributed by atoms with E-state index in [-0.39, 0.29) is 30.0 Å². The minimum Gasteiger partial charge on any atom is -0.352 e. The third-order valence-corrected chi connectivity index (χ3v) is 5.59. The predicted octanol–water partition coefficient (Wildman–Crippen LogP) is 3.30. The highest BCUT2D eigenvalue weighted by Crippen LogP contribution is 2.32. The van der Waals surface area contributed by atoms with E-state index in [1.165, 1.54) is 7.05 Å². The van der Waals surface area contributed by atoms with Gasteiger partial charge in [-0.3, -0.25) is 9.79 Å². The van der Waals surface area contributed by atoms with Gasteiger partial charge in [0.15, 0.2) is 5.96 Å². The van der Waals surface area contributed by atoms with Crippen molar-refractivity contribution in [3.8, 4) is 0 Å². The number of hydrogen-bond acceptors (Lipinski definition) is 2. The SMILES string of the molecule is CN=C(NCc1ccc(F)cc1C(F)(F)F)NC1CCN(C(=O)C2CCCC2)C1. The molecule has 5 nitrogen and oxygen atoms in total. The molecule has 1 saturated heterocycles. The average Bonchev–Trinajstić information content (AvgIpc) is 3.36. The molecule has 0 bridgehead atoms. The number of carbonyl (C=O) groups excluding carboxylic acids is 1. The number of alkyl halides is 3. The monoisotopic (exact) mass is 414 g/mol. The number of hydrogen-bond donors (Lipinski definition) is 2. The summed E-state index contributed by atoms with van der Waals surface area (Å²) in [5.41, 5.74) is -1.07. The summed E-state index contributed by atoms with van der Waals surface area (Å²) in [6.07, 6.45) is 0.232. The van der Waals surface area contributed by atoms with Crippen LogP contribution in [0.15, 0.2) is 23.2 Å². The van der Waals surface area contributed by atoms with E-state index < -0.39 is 17.6 Å². The Morgan fingerprint density at radius 3 is 2.62 bits per heavy atom. The van der Waals surface area contributed by atoms with Crippen molar-refractivity contribution in [1.82, 2.24) is 15.5 Å². The van der Waals surface area contributed by atoms with Crippen LogP contribution in [-0.4, -0.2) is 42.9 Å². The fourth-order valence-corrected chi connectivity index (χ4v) is 4.04. The number of benzene rings is 1. The maximum atomic E-state index is 13.2. The Kier molecular flexibility index (Phi) is 6.64. The third kappa shape index (κ3) is 5.39. The summed E-state index contributed by atoms with van der Waals surface area (Å²) in [5.74, 6) is -0.245. The minimum absolute atomic E-state index is 0.0122. The first-order valence-electron chi connectivity index (χ1n) is 9.89. The van der Waals surface area contributed by atoms with Gasteiger partial charge in [-0.2, -0.15) is 13.2 Å². The number of rotatable bonds is 4. The van der Waals surface area contributed by atoms with Gasteiger partial charge < -0.3 is 15.5 Å². The molecule has 2 aliphatic rings. The molecule has 1 aromatic rings. The third-order valence-electron chi connectivity index (χ3n) is 5.59. The number of halogens is 4. The van der Waals surface area contributed by atoms with E-state index in [0.717, 1.165) is 44.2 Å². The largest absolute Gasteiger partial charge is 0.416 e. The molecule has 29 heavy (non-hydrogen) atoms. The Labute approximate surface area is 167 Å². The van der Waals surface area contributed by atoms with Crippen LogP contribution in [0.4, 0.5) is 17.6 Å². The summed E-state index contributed by atoms with van der Waals surface area (Å²) in [7, 11) is 1.53. The zero-order valence-electron chi connectivity index (χ0n) is 16.4. The van der Waals surface area contributed by atoms with Gasteiger partial charge in [-0.25, -0.2) is 4.39 Å². The smallest absolute Gasteiger partial charge is 0.352 e. The van der Waals surface area contributed by atoms with Crippen molar-refractivity contribution in [1.29, 1.82) is 0 Å². The highest BCUT2D eigenvalue weighted by molar-refractivity contribution is 5.81. The van der Waals surface area contributed by atoms with E-state index in [1.807, 2.05) is 4.90 Å². The van der Waals surface area contributed by atoms with Gasteiger partial charge in [0.2, 0.25) is 5.91 Å². The van der Waals surface area contributed by atoms with Gasteiger partial charge in [-0.05, 0) is 37.0 Å². The molecule has 9 heteroatoms. The van der Waals surface area contributed by atoms with E-state index in [1.54, 1.807) is 0 Å². The van der Waals surface area contributed by atoms with Crippen LogP contribution in [0.25, 0.3) is 0 Å². The normalized spacial score (nSPS) is 20.9. The molecule has 1 aliphatic heterocycles. The van der Waals surface area contributed by atoms with Crippen molar-refractivity contribution in [2.45, 2.75) is 50.9 Å². The highest BCUT2D eigenvalue weighted by atomic mass is 19.4. The number of likely N-dealkylation sites (tertiary alicyclic amines) is 1. The van der Waals surface area contributed by atoms with Crippen LogP contribution in [0.5, 0.6) is 0 Å². The molecule has 0 spiro atoms. The molecule has 1 saturated carbocycles. The van der Waals surface area contributed by atoms with E-state index in [0.29, 0.717) is 25.1 Å². The second kappa shape index (κ2) is 9.00. The van der Waals surface area contributed by atoms with Crippen molar-refractivity contribution < 1.29 is 22.4 Å². The Morgan fingerprint density at radius 1 is 1.24 bits per heavy atom. The highest BCUT2D eigenvalue weighted by Gasteiger charge is 2.34. The van der Waals surface area contributed by atoms with Crippen molar-refractivity contribution in [3.05, 3.63) is 35.1 Å². The lowest BCUT2D eigenvalue weighted by atomic mass is 10.1. The summed E-state index contributed by atoms with van der Waals surface area (Å²) >= 11 is 0. The molecule has 3 rings (SSSR count). The molecule has 1 amide bonds. The standard InChI is InChI=1S/C20H26F4N4O/c1-25-19(26-11-14-6-7-15(21)10-17(14)20(22,23)24)27-16-8-9-28(12-16)18(29)13-4-2-3-5-13/h6-7,10,13,16H,2-5,8-9,11-12H2,1H3,(H2,25,26,27). The number of amides is 1. The minimum atomic E-state index is -4.64. The lowest BCUT2D eigenvalue weighted by molar-refractivity contribution is -0.138. The van der Waals surface area contributed by atoms with Gasteiger partial charge in [-0.15, -0.1) is 0 Å². The maximum absolute atomic E-state index is 13.2. The Hall–Kier alpha value is -2.32. The zero-order chi connectivity index (χ0) is 21.0. The Bertz CT molecular complexity index is 759. The van der Waals surface area contributed by atoms with Crippen LogP contribution in [0.3, 0.4) is 0 Å². The first-order valence-corrected chi connectivity index (χ1v) is 9.89. The fourth-order valence-electron chi connectivity index (χ4n) is 4.04. The number of nitrogens with zero attached hydrogens (tertiary/aromatic N) is 2. The molecule has 160 valence electrons. The van der Waals surface area contributed by atoms with Crippen LogP contribution in [0, 0.1) is 11.7 Å². The van der Waals surface area contributed by atoms with Crippen molar-refractivity contribution >= 4 is 11.9 Å². The van der Waals surface area contributed by atoms with Gasteiger partial charge in [0.25, 0.3) is 0 Å². The summed E-state index contributed by atoms with van der Waals surface area (Å²) in [5, 5.41) is 6.03. The molecule has 0 radical (unpaired) electrons. The van der Waals surface area contributed by atoms with Crippen LogP contribution in [0.1, 0.15) is 43.2 Å². The van der Waals surface area contributed by atoms with Crippen LogP contribution >= 0.6 is 0 Å². The van der Waals surface area contributed by atoms with Gasteiger partial charge in [0.1, 0.15) is 5.82 Å². The zero-order valence-corrected chi connectivity index (χ0v) is 16.4. The fraction of sp³-hybridized carbons (Fsp3) is 0.600. The average molecular weight is 414 g/mol. The van der Waals surface area contributed by atoms with E-state index in [2.05, 4.69) is 15.6 Å². The van der Waals surface area contributed by atoms with Crippen LogP contribution in [-0.2, 0) is 17.5 Å². The molecule has 1 atom stereocenters. The van der Waals surface area contributed by atoms with Crippen molar-refractivity contribution in [3.63, 3.8) is 0 Å². The molecule has 2 fully saturated rings. The van der Waals surface area contributed by atoms with Crippen molar-refractivity contribution in [2.24, 2.45) is 10.9 Å². The van der Waals surface area contributed by atoms with Gasteiger partial charge in [-0.1, -0.05) is 18.9 Å². The number of guanidine groups is 1. The number of carbonyl (C=O) groups is 1. The lowest BCUT2D eigenvalue weighted by Gasteiger charge is -2.22. The number of aliphatic imine (C=N–C) groups is 1. The van der Waals surface area contributed by atoms with Crippen LogP contribution < -0.4 is 10.6 Å². The van der Waals surface area contributed by atoms with Crippen LogP contribution in [0.2, 0.25) is 0 Å². The predicted molar refractivity (Wildman–Crippen MR) is 102 cm³/mol. The molecule has 1 aliphatic carbocycles. The molecular weight excluding hydrogens is 388 g/mol. The molecule has 0 aromatic heterocycles. The van der Waals surface area contributed by atoms with E-state index >= 15 is 0 Å². The second-order valence-electron chi connectivity index (χ2n) is 7.62. The topological polar surface area (TPSA) is 56.7 Å². The summed E-state index contributed by atoms with van der Waals surface area (Å²) in [6, 6.07) is 2.61. The Morgan fingerprint density at radius 2 is 1.97 bits per heavy atom.